The number of hydrogen-bond acceptors (Lipinski definition) is 2. The van der Waals surface area contributed by atoms with Crippen molar-refractivity contribution in [2.75, 3.05) is 0 Å². The first kappa shape index (κ1) is 20.4. The van der Waals surface area contributed by atoms with Gasteiger partial charge in [0, 0.05) is 30.0 Å². The van der Waals surface area contributed by atoms with Gasteiger partial charge in [0.05, 0.1) is 5.52 Å². The van der Waals surface area contributed by atoms with Gasteiger partial charge in [-0.1, -0.05) is 30.9 Å². The topological polar surface area (TPSA) is 51.1 Å². The Labute approximate surface area is 161 Å². The highest BCUT2D eigenvalue weighted by molar-refractivity contribution is 5.81. The molecule has 0 unspecified atom stereocenters. The number of carbonyl (C=O) groups excluding carboxylic acids is 1. The molecule has 0 aliphatic heterocycles. The van der Waals surface area contributed by atoms with Crippen molar-refractivity contribution >= 4 is 16.8 Å². The van der Waals surface area contributed by atoms with Gasteiger partial charge in [-0.15, -0.1) is 0 Å². The predicted octanol–water partition coefficient (Wildman–Crippen LogP) is 4.41. The van der Waals surface area contributed by atoms with Gasteiger partial charge in [0.2, 0.25) is 5.91 Å². The van der Waals surface area contributed by atoms with Crippen LogP contribution in [0.1, 0.15) is 50.3 Å². The lowest BCUT2D eigenvalue weighted by Gasteiger charge is -2.25. The molecule has 1 aromatic heterocycles. The third-order valence-corrected chi connectivity index (χ3v) is 5.38. The van der Waals surface area contributed by atoms with Gasteiger partial charge in [0.15, 0.2) is 5.43 Å². The summed E-state index contributed by atoms with van der Waals surface area (Å²) in [6.45, 7) is 3.42. The molecule has 0 saturated heterocycles. The minimum absolute atomic E-state index is 0.0624. The Kier molecular flexibility index (Phi) is 5.82. The molecule has 1 heterocycles. The molecule has 7 heteroatoms. The van der Waals surface area contributed by atoms with E-state index in [4.69, 9.17) is 0 Å². The SMILES string of the molecule is Cc1ccc2c(c1)c(=O)cc(C(F)(F)F)n2C[C@H](C)NC(=O)C1CCCCC1. The highest BCUT2D eigenvalue weighted by Crippen LogP contribution is 2.31. The summed E-state index contributed by atoms with van der Waals surface area (Å²) < 4.78 is 41.9. The number of hydrogen-bond donors (Lipinski definition) is 1. The van der Waals surface area contributed by atoms with Crippen molar-refractivity contribution in [3.63, 3.8) is 0 Å². The Hall–Kier alpha value is -2.31. The molecule has 4 nitrogen and oxygen atoms in total. The lowest BCUT2D eigenvalue weighted by Crippen LogP contribution is -2.41. The smallest absolute Gasteiger partial charge is 0.352 e. The van der Waals surface area contributed by atoms with Crippen molar-refractivity contribution in [3.8, 4) is 0 Å². The summed E-state index contributed by atoms with van der Waals surface area (Å²) in [6, 6.07) is 4.97. The molecule has 3 rings (SSSR count). The second kappa shape index (κ2) is 7.97. The minimum Gasteiger partial charge on any atom is -0.352 e. The van der Waals surface area contributed by atoms with Crippen LogP contribution in [0.5, 0.6) is 0 Å². The second-order valence-electron chi connectivity index (χ2n) is 7.77. The second-order valence-corrected chi connectivity index (χ2v) is 7.77. The summed E-state index contributed by atoms with van der Waals surface area (Å²) in [6.07, 6.45) is 0.129. The Morgan fingerprint density at radius 2 is 1.89 bits per heavy atom. The van der Waals surface area contributed by atoms with E-state index >= 15 is 0 Å². The lowest BCUT2D eigenvalue weighted by atomic mass is 9.88. The average molecular weight is 394 g/mol. The van der Waals surface area contributed by atoms with E-state index in [9.17, 15) is 22.8 Å². The zero-order chi connectivity index (χ0) is 20.5. The van der Waals surface area contributed by atoms with Gasteiger partial charge in [-0.05, 0) is 38.8 Å². The van der Waals surface area contributed by atoms with E-state index in [2.05, 4.69) is 5.32 Å². The third kappa shape index (κ3) is 4.39. The van der Waals surface area contributed by atoms with Gasteiger partial charge in [-0.3, -0.25) is 9.59 Å². The van der Waals surface area contributed by atoms with Crippen LogP contribution in [0.3, 0.4) is 0 Å². The largest absolute Gasteiger partial charge is 0.431 e. The number of aromatic nitrogens is 1. The van der Waals surface area contributed by atoms with Crippen molar-refractivity contribution < 1.29 is 18.0 Å². The van der Waals surface area contributed by atoms with Crippen molar-refractivity contribution in [1.29, 1.82) is 0 Å². The highest BCUT2D eigenvalue weighted by Gasteiger charge is 2.35. The first-order valence-corrected chi connectivity index (χ1v) is 9.68. The highest BCUT2D eigenvalue weighted by atomic mass is 19.4. The first-order valence-electron chi connectivity index (χ1n) is 9.68. The summed E-state index contributed by atoms with van der Waals surface area (Å²) >= 11 is 0. The average Bonchev–Trinajstić information content (AvgIpc) is 2.63. The van der Waals surface area contributed by atoms with E-state index < -0.39 is 23.3 Å². The summed E-state index contributed by atoms with van der Waals surface area (Å²) in [7, 11) is 0. The van der Waals surface area contributed by atoms with E-state index in [0.717, 1.165) is 42.2 Å². The fourth-order valence-electron chi connectivity index (χ4n) is 3.97. The Morgan fingerprint density at radius 1 is 1.21 bits per heavy atom. The van der Waals surface area contributed by atoms with Gasteiger partial charge in [0.1, 0.15) is 5.69 Å². The Morgan fingerprint density at radius 3 is 2.54 bits per heavy atom. The number of nitrogens with one attached hydrogen (secondary N) is 1. The molecular formula is C21H25F3N2O2. The van der Waals surface area contributed by atoms with Crippen molar-refractivity contribution in [1.82, 2.24) is 9.88 Å². The van der Waals surface area contributed by atoms with Gasteiger partial charge in [-0.25, -0.2) is 0 Å². The quantitative estimate of drug-likeness (QED) is 0.835. The van der Waals surface area contributed by atoms with Crippen LogP contribution in [0.25, 0.3) is 10.9 Å². The summed E-state index contributed by atoms with van der Waals surface area (Å²) in [5.41, 5.74) is -0.618. The molecule has 1 fully saturated rings. The van der Waals surface area contributed by atoms with Gasteiger partial charge in [0.25, 0.3) is 0 Å². The molecule has 1 amide bonds. The molecule has 0 radical (unpaired) electrons. The molecule has 152 valence electrons. The fraction of sp³-hybridized carbons (Fsp3) is 0.524. The number of alkyl halides is 3. The maximum atomic E-state index is 13.6. The molecule has 28 heavy (non-hydrogen) atoms. The predicted molar refractivity (Wildman–Crippen MR) is 102 cm³/mol. The number of nitrogens with zero attached hydrogens (tertiary/aromatic N) is 1. The molecule has 1 saturated carbocycles. The van der Waals surface area contributed by atoms with Gasteiger partial charge in [-0.2, -0.15) is 13.2 Å². The molecular weight excluding hydrogens is 369 g/mol. The summed E-state index contributed by atoms with van der Waals surface area (Å²) in [5, 5.41) is 3.11. The first-order chi connectivity index (χ1) is 13.2. The van der Waals surface area contributed by atoms with Gasteiger partial charge >= 0.3 is 6.18 Å². The maximum Gasteiger partial charge on any atom is 0.431 e. The maximum absolute atomic E-state index is 13.6. The number of aryl methyl sites for hydroxylation is 1. The number of benzene rings is 1. The molecule has 0 bridgehead atoms. The number of fused-ring (bicyclic) bond motifs is 1. The summed E-state index contributed by atoms with van der Waals surface area (Å²) in [5.74, 6) is -0.159. The number of amides is 1. The Bertz CT molecular complexity index is 928. The van der Waals surface area contributed by atoms with Crippen LogP contribution < -0.4 is 10.7 Å². The van der Waals surface area contributed by atoms with Crippen LogP contribution >= 0.6 is 0 Å². The zero-order valence-corrected chi connectivity index (χ0v) is 16.1. The van der Waals surface area contributed by atoms with E-state index in [1.54, 1.807) is 26.0 Å². The Balaban J connectivity index is 1.93. The van der Waals surface area contributed by atoms with E-state index in [1.165, 1.54) is 6.07 Å². The molecule has 1 aliphatic carbocycles. The third-order valence-electron chi connectivity index (χ3n) is 5.38. The zero-order valence-electron chi connectivity index (χ0n) is 16.1. The van der Waals surface area contributed by atoms with E-state index in [0.29, 0.717) is 6.07 Å². The molecule has 1 atom stereocenters. The van der Waals surface area contributed by atoms with Crippen LogP contribution in [0.15, 0.2) is 29.1 Å². The van der Waals surface area contributed by atoms with Crippen LogP contribution in [0.2, 0.25) is 0 Å². The number of pyridine rings is 1. The minimum atomic E-state index is -4.66. The van der Waals surface area contributed by atoms with E-state index in [1.807, 2.05) is 0 Å². The van der Waals surface area contributed by atoms with Crippen molar-refractivity contribution in [2.45, 2.75) is 64.7 Å². The standard InChI is InChI=1S/C21H25F3N2O2/c1-13-8-9-17-16(10-13)18(27)11-19(21(22,23)24)26(17)12-14(2)25-20(28)15-6-4-3-5-7-15/h8-11,14-15H,3-7,12H2,1-2H3,(H,25,28)/t14-/m0/s1. The number of halogens is 3. The van der Waals surface area contributed by atoms with Gasteiger partial charge < -0.3 is 9.88 Å². The molecule has 1 N–H and O–H groups in total. The van der Waals surface area contributed by atoms with Crippen LogP contribution in [0.4, 0.5) is 13.2 Å². The van der Waals surface area contributed by atoms with Crippen molar-refractivity contribution in [3.05, 3.63) is 45.7 Å². The monoisotopic (exact) mass is 394 g/mol. The molecule has 0 spiro atoms. The van der Waals surface area contributed by atoms with Crippen LogP contribution in [-0.2, 0) is 17.5 Å². The molecule has 2 aromatic rings. The van der Waals surface area contributed by atoms with Crippen LogP contribution in [-0.4, -0.2) is 16.5 Å². The van der Waals surface area contributed by atoms with Crippen LogP contribution in [0, 0.1) is 12.8 Å². The molecule has 1 aliphatic rings. The summed E-state index contributed by atoms with van der Waals surface area (Å²) in [4.78, 5) is 24.7. The lowest BCUT2D eigenvalue weighted by molar-refractivity contribution is -0.143. The normalized spacial score (nSPS) is 16.9. The number of rotatable bonds is 4. The van der Waals surface area contributed by atoms with E-state index in [-0.39, 0.29) is 29.3 Å². The van der Waals surface area contributed by atoms with Crippen molar-refractivity contribution in [2.24, 2.45) is 5.92 Å². The number of carbonyl (C=O) groups is 1. The molecule has 1 aromatic carbocycles. The fourth-order valence-corrected chi connectivity index (χ4v) is 3.97.